The number of ether oxygens (including phenoxy) is 1. The molecule has 1 spiro atoms. The summed E-state index contributed by atoms with van der Waals surface area (Å²) < 4.78 is 51.8. The normalized spacial score (nSPS) is 20.4. The van der Waals surface area contributed by atoms with E-state index >= 15 is 0 Å². The minimum absolute atomic E-state index is 0.0670. The highest BCUT2D eigenvalue weighted by atomic mass is 19.4. The third kappa shape index (κ3) is 5.89. The van der Waals surface area contributed by atoms with E-state index in [9.17, 15) is 22.4 Å². The van der Waals surface area contributed by atoms with Crippen molar-refractivity contribution in [2.75, 3.05) is 39.9 Å². The van der Waals surface area contributed by atoms with Gasteiger partial charge >= 0.3 is 12.1 Å². The van der Waals surface area contributed by atoms with E-state index in [0.29, 0.717) is 25.4 Å². The zero-order valence-corrected chi connectivity index (χ0v) is 18.5. The first-order chi connectivity index (χ1) is 16.1. The molecule has 0 saturated carbocycles. The molecule has 1 aromatic carbocycles. The summed E-state index contributed by atoms with van der Waals surface area (Å²) in [6.07, 6.45) is -0.451. The second kappa shape index (κ2) is 10.5. The van der Waals surface area contributed by atoms with Crippen LogP contribution in [0.5, 0.6) is 0 Å². The molecule has 1 amide bonds. The van der Waals surface area contributed by atoms with Crippen molar-refractivity contribution in [1.82, 2.24) is 24.6 Å². The van der Waals surface area contributed by atoms with Gasteiger partial charge in [-0.3, -0.25) is 9.69 Å². The van der Waals surface area contributed by atoms with Crippen molar-refractivity contribution in [3.63, 3.8) is 0 Å². The van der Waals surface area contributed by atoms with E-state index in [1.54, 1.807) is 19.2 Å². The van der Waals surface area contributed by atoms with Gasteiger partial charge in [-0.05, 0) is 37.5 Å². The van der Waals surface area contributed by atoms with Crippen molar-refractivity contribution in [2.24, 2.45) is 0 Å². The Labute approximate surface area is 192 Å². The maximum Gasteiger partial charge on any atom is 0.490 e. The Bertz CT molecular complexity index is 1020. The number of likely N-dealkylation sites (tertiary alicyclic amines) is 2. The number of benzene rings is 1. The van der Waals surface area contributed by atoms with Crippen molar-refractivity contribution >= 4 is 11.9 Å². The number of hydrogen-bond acceptors (Lipinski definition) is 6. The number of carbonyl (C=O) groups excluding carboxylic acids is 1. The molecule has 2 aliphatic rings. The van der Waals surface area contributed by atoms with Crippen LogP contribution in [0.25, 0.3) is 5.69 Å². The molecular weight excluding hydrogens is 462 g/mol. The average molecular weight is 487 g/mol. The topological polar surface area (TPSA) is 101 Å². The largest absolute Gasteiger partial charge is 0.490 e. The maximum absolute atomic E-state index is 13.4. The molecule has 9 nitrogen and oxygen atoms in total. The molecule has 1 N–H and O–H groups in total. The van der Waals surface area contributed by atoms with Crippen LogP contribution in [0, 0.1) is 5.82 Å². The van der Waals surface area contributed by atoms with Gasteiger partial charge in [0.2, 0.25) is 5.82 Å². The molecule has 4 rings (SSSR count). The monoisotopic (exact) mass is 487 g/mol. The lowest BCUT2D eigenvalue weighted by Gasteiger charge is -2.57. The number of hydrogen-bond donors (Lipinski definition) is 1. The smallest absolute Gasteiger partial charge is 0.475 e. The van der Waals surface area contributed by atoms with Crippen molar-refractivity contribution < 1.29 is 37.0 Å². The standard InChI is InChI=1S/C19H24FN5O2.C2HF3O2/c1-27-11-10-24-9-7-19(24)6-3-8-23(13-19)18(26)17-21-14-25(22-17)16-5-2-4-15(20)12-16;3-2(4,5)1(6)7/h2,4-5,12,14H,3,6-11,13H2,1H3;(H,6,7). The molecular formula is C21H25F4N5O4. The molecule has 0 aliphatic carbocycles. The molecule has 2 fully saturated rings. The van der Waals surface area contributed by atoms with Crippen LogP contribution in [0.4, 0.5) is 17.6 Å². The molecule has 2 aliphatic heterocycles. The third-order valence-corrected chi connectivity index (χ3v) is 5.92. The van der Waals surface area contributed by atoms with Gasteiger partial charge in [0.25, 0.3) is 5.91 Å². The van der Waals surface area contributed by atoms with E-state index in [-0.39, 0.29) is 23.1 Å². The Hall–Kier alpha value is -3.06. The molecule has 3 heterocycles. The molecule has 2 aromatic rings. The number of carbonyl (C=O) groups is 2. The van der Waals surface area contributed by atoms with Crippen LogP contribution in [0.3, 0.4) is 0 Å². The zero-order valence-electron chi connectivity index (χ0n) is 18.5. The number of rotatable bonds is 5. The summed E-state index contributed by atoms with van der Waals surface area (Å²) in [7, 11) is 1.71. The van der Waals surface area contributed by atoms with Gasteiger partial charge in [-0.1, -0.05) is 6.07 Å². The van der Waals surface area contributed by atoms with E-state index in [4.69, 9.17) is 14.6 Å². The number of methoxy groups -OCH3 is 1. The fourth-order valence-corrected chi connectivity index (χ4v) is 4.13. The molecule has 1 unspecified atom stereocenters. The van der Waals surface area contributed by atoms with Gasteiger partial charge in [0.05, 0.1) is 12.3 Å². The Morgan fingerprint density at radius 2 is 1.97 bits per heavy atom. The number of amides is 1. The van der Waals surface area contributed by atoms with Crippen LogP contribution < -0.4 is 0 Å². The highest BCUT2D eigenvalue weighted by molar-refractivity contribution is 5.90. The molecule has 0 bridgehead atoms. The van der Waals surface area contributed by atoms with Gasteiger partial charge in [0.15, 0.2) is 0 Å². The first kappa shape index (κ1) is 25.6. The number of carboxylic acids is 1. The first-order valence-electron chi connectivity index (χ1n) is 10.6. The summed E-state index contributed by atoms with van der Waals surface area (Å²) in [4.78, 5) is 30.3. The number of nitrogens with zero attached hydrogens (tertiary/aromatic N) is 5. The first-order valence-corrected chi connectivity index (χ1v) is 10.6. The SMILES string of the molecule is COCCN1CCC12CCCN(C(=O)c1ncn(-c3cccc(F)c3)n1)C2.O=C(O)C(F)(F)F. The van der Waals surface area contributed by atoms with E-state index < -0.39 is 12.1 Å². The van der Waals surface area contributed by atoms with Crippen LogP contribution in [0.1, 0.15) is 29.9 Å². The predicted molar refractivity (Wildman–Crippen MR) is 111 cm³/mol. The minimum atomic E-state index is -5.08. The maximum atomic E-state index is 13.4. The van der Waals surface area contributed by atoms with Gasteiger partial charge < -0.3 is 14.7 Å². The zero-order chi connectivity index (χ0) is 24.9. The van der Waals surface area contributed by atoms with E-state index in [1.165, 1.54) is 23.1 Å². The lowest BCUT2D eigenvalue weighted by molar-refractivity contribution is -0.192. The minimum Gasteiger partial charge on any atom is -0.475 e. The fraction of sp³-hybridized carbons (Fsp3) is 0.524. The van der Waals surface area contributed by atoms with E-state index in [1.807, 2.05) is 4.90 Å². The predicted octanol–water partition coefficient (Wildman–Crippen LogP) is 2.37. The van der Waals surface area contributed by atoms with Gasteiger partial charge in [-0.25, -0.2) is 18.9 Å². The van der Waals surface area contributed by atoms with Gasteiger partial charge in [-0.2, -0.15) is 13.2 Å². The van der Waals surface area contributed by atoms with Crippen LogP contribution in [-0.2, 0) is 9.53 Å². The summed E-state index contributed by atoms with van der Waals surface area (Å²) in [6, 6.07) is 6.06. The molecule has 1 aromatic heterocycles. The van der Waals surface area contributed by atoms with Crippen LogP contribution in [0.15, 0.2) is 30.6 Å². The summed E-state index contributed by atoms with van der Waals surface area (Å²) in [5, 5.41) is 11.4. The second-order valence-electron chi connectivity index (χ2n) is 8.08. The Balaban J connectivity index is 0.000000406. The average Bonchev–Trinajstić information content (AvgIpc) is 3.28. The number of carboxylic acid groups (broad SMARTS) is 1. The Morgan fingerprint density at radius 3 is 2.56 bits per heavy atom. The van der Waals surface area contributed by atoms with Crippen molar-refractivity contribution in [3.05, 3.63) is 42.2 Å². The molecule has 2 saturated heterocycles. The summed E-state index contributed by atoms with van der Waals surface area (Å²) in [6.45, 7) is 4.06. The fourth-order valence-electron chi connectivity index (χ4n) is 4.13. The third-order valence-electron chi connectivity index (χ3n) is 5.92. The Kier molecular flexibility index (Phi) is 7.87. The van der Waals surface area contributed by atoms with Gasteiger partial charge in [-0.15, -0.1) is 5.10 Å². The molecule has 0 radical (unpaired) electrons. The quantitative estimate of drug-likeness (QED) is 0.647. The summed E-state index contributed by atoms with van der Waals surface area (Å²) in [5.41, 5.74) is 0.610. The summed E-state index contributed by atoms with van der Waals surface area (Å²) in [5.74, 6) is -3.12. The van der Waals surface area contributed by atoms with E-state index in [0.717, 1.165) is 32.4 Å². The Morgan fingerprint density at radius 1 is 1.24 bits per heavy atom. The number of aliphatic carboxylic acids is 1. The molecule has 34 heavy (non-hydrogen) atoms. The van der Waals surface area contributed by atoms with Crippen LogP contribution >= 0.6 is 0 Å². The second-order valence-corrected chi connectivity index (χ2v) is 8.08. The highest BCUT2D eigenvalue weighted by Crippen LogP contribution is 2.38. The number of halogens is 4. The number of piperidine rings is 1. The van der Waals surface area contributed by atoms with Gasteiger partial charge in [0.1, 0.15) is 12.1 Å². The van der Waals surface area contributed by atoms with Crippen molar-refractivity contribution in [3.8, 4) is 5.69 Å². The molecule has 186 valence electrons. The van der Waals surface area contributed by atoms with Crippen molar-refractivity contribution in [2.45, 2.75) is 31.0 Å². The number of alkyl halides is 3. The van der Waals surface area contributed by atoms with E-state index in [2.05, 4.69) is 15.0 Å². The lowest BCUT2D eigenvalue weighted by Crippen LogP contribution is -2.67. The summed E-state index contributed by atoms with van der Waals surface area (Å²) >= 11 is 0. The van der Waals surface area contributed by atoms with Gasteiger partial charge in [0, 0.05) is 38.8 Å². The number of aromatic nitrogens is 3. The lowest BCUT2D eigenvalue weighted by atomic mass is 9.77. The van der Waals surface area contributed by atoms with Crippen LogP contribution in [0.2, 0.25) is 0 Å². The van der Waals surface area contributed by atoms with Crippen molar-refractivity contribution in [1.29, 1.82) is 0 Å². The highest BCUT2D eigenvalue weighted by Gasteiger charge is 2.48. The molecule has 13 heteroatoms. The molecule has 1 atom stereocenters. The van der Waals surface area contributed by atoms with Crippen LogP contribution in [-0.4, -0.2) is 93.2 Å².